The fourth-order valence-electron chi connectivity index (χ4n) is 1.08. The van der Waals surface area contributed by atoms with Crippen LogP contribution in [0.2, 0.25) is 0 Å². The molecule has 1 heterocycles. The van der Waals surface area contributed by atoms with E-state index in [-0.39, 0.29) is 0 Å². The Morgan fingerprint density at radius 1 is 1.62 bits per heavy atom. The normalized spacial score (nSPS) is 9.62. The fourth-order valence-corrected chi connectivity index (χ4v) is 1.90. The highest BCUT2D eigenvalue weighted by atomic mass is 32.1. The van der Waals surface area contributed by atoms with Gasteiger partial charge in [-0.05, 0) is 31.7 Å². The highest BCUT2D eigenvalue weighted by Gasteiger charge is 1.99. The maximum Gasteiger partial charge on any atom is 0.0797 e. The second-order valence-electron chi connectivity index (χ2n) is 2.77. The summed E-state index contributed by atoms with van der Waals surface area (Å²) in [5, 5.41) is 3.48. The summed E-state index contributed by atoms with van der Waals surface area (Å²) in [6.45, 7) is 2.63. The molecule has 5 heteroatoms. The van der Waals surface area contributed by atoms with Crippen LogP contribution < -0.4 is 0 Å². The van der Waals surface area contributed by atoms with E-state index in [4.69, 9.17) is 5.53 Å². The summed E-state index contributed by atoms with van der Waals surface area (Å²) in [6, 6.07) is 0. The van der Waals surface area contributed by atoms with E-state index in [0.29, 0.717) is 6.54 Å². The van der Waals surface area contributed by atoms with E-state index < -0.39 is 0 Å². The minimum absolute atomic E-state index is 0.606. The molecule has 0 saturated carbocycles. The predicted octanol–water partition coefficient (Wildman–Crippen LogP) is 3.08. The van der Waals surface area contributed by atoms with Crippen LogP contribution in [0.5, 0.6) is 0 Å². The van der Waals surface area contributed by atoms with Crippen molar-refractivity contribution in [3.8, 4) is 0 Å². The van der Waals surface area contributed by atoms with Crippen LogP contribution in [0.3, 0.4) is 0 Å². The van der Waals surface area contributed by atoms with E-state index in [9.17, 15) is 0 Å². The smallest absolute Gasteiger partial charge is 0.0797 e. The van der Waals surface area contributed by atoms with E-state index >= 15 is 0 Å². The monoisotopic (exact) mass is 196 g/mol. The van der Waals surface area contributed by atoms with Crippen LogP contribution in [0.25, 0.3) is 10.4 Å². The van der Waals surface area contributed by atoms with Gasteiger partial charge in [0.25, 0.3) is 0 Å². The van der Waals surface area contributed by atoms with Gasteiger partial charge in [-0.25, -0.2) is 4.98 Å². The molecule has 0 bridgehead atoms. The van der Waals surface area contributed by atoms with Crippen molar-refractivity contribution in [2.75, 3.05) is 6.54 Å². The van der Waals surface area contributed by atoms with E-state index in [1.165, 1.54) is 4.88 Å². The molecule has 0 aliphatic rings. The second-order valence-corrected chi connectivity index (χ2v) is 3.71. The molecule has 0 aliphatic heterocycles. The number of aryl methyl sites for hydroxylation is 2. The summed E-state index contributed by atoms with van der Waals surface area (Å²) in [7, 11) is 0. The van der Waals surface area contributed by atoms with Crippen molar-refractivity contribution in [3.05, 3.63) is 26.5 Å². The lowest BCUT2D eigenvalue weighted by molar-refractivity contribution is 0.745. The Bertz CT molecular complexity index is 301. The Kier molecular flexibility index (Phi) is 4.29. The zero-order chi connectivity index (χ0) is 9.52. The third-order valence-electron chi connectivity index (χ3n) is 1.82. The third-order valence-corrected chi connectivity index (χ3v) is 2.81. The lowest BCUT2D eigenvalue weighted by Crippen LogP contribution is -1.87. The molecule has 0 N–H and O–H groups in total. The molecular weight excluding hydrogens is 184 g/mol. The Labute approximate surface area is 81.2 Å². The van der Waals surface area contributed by atoms with Gasteiger partial charge in [-0.1, -0.05) is 5.11 Å². The lowest BCUT2D eigenvalue weighted by atomic mass is 10.2. The van der Waals surface area contributed by atoms with Crippen LogP contribution in [0.15, 0.2) is 10.6 Å². The van der Waals surface area contributed by atoms with Gasteiger partial charge >= 0.3 is 0 Å². The molecule has 0 amide bonds. The molecule has 13 heavy (non-hydrogen) atoms. The van der Waals surface area contributed by atoms with Crippen molar-refractivity contribution in [2.45, 2.75) is 26.2 Å². The minimum atomic E-state index is 0.606. The standard InChI is InChI=1S/C8H12N4S/c1-7-8(13-6-10-7)4-2-3-5-11-12-9/h6H,2-5H2,1H3. The fraction of sp³-hybridized carbons (Fsp3) is 0.625. The number of unbranched alkanes of at least 4 members (excludes halogenated alkanes) is 1. The topological polar surface area (TPSA) is 61.7 Å². The number of aromatic nitrogens is 1. The molecule has 1 rings (SSSR count). The van der Waals surface area contributed by atoms with Crippen LogP contribution in [0.1, 0.15) is 23.4 Å². The molecule has 0 aliphatic carbocycles. The zero-order valence-corrected chi connectivity index (χ0v) is 8.42. The number of azide groups is 1. The second kappa shape index (κ2) is 5.56. The molecule has 0 unspecified atom stereocenters. The van der Waals surface area contributed by atoms with Crippen LogP contribution in [-0.4, -0.2) is 11.5 Å². The SMILES string of the molecule is Cc1ncsc1CCCCN=[N+]=[N-]. The van der Waals surface area contributed by atoms with Crippen LogP contribution in [0.4, 0.5) is 0 Å². The number of hydrogen-bond donors (Lipinski definition) is 0. The molecule has 0 fully saturated rings. The van der Waals surface area contributed by atoms with Crippen molar-refractivity contribution in [2.24, 2.45) is 5.11 Å². The summed E-state index contributed by atoms with van der Waals surface area (Å²) in [6.07, 6.45) is 3.08. The van der Waals surface area contributed by atoms with Crippen molar-refractivity contribution >= 4 is 11.3 Å². The minimum Gasteiger partial charge on any atom is -0.250 e. The zero-order valence-electron chi connectivity index (χ0n) is 7.60. The maximum absolute atomic E-state index is 8.04. The predicted molar refractivity (Wildman–Crippen MR) is 53.8 cm³/mol. The number of rotatable bonds is 5. The quantitative estimate of drug-likeness (QED) is 0.309. The summed E-state index contributed by atoms with van der Waals surface area (Å²) in [4.78, 5) is 8.22. The molecule has 0 saturated heterocycles. The number of hydrogen-bond acceptors (Lipinski definition) is 3. The van der Waals surface area contributed by atoms with E-state index in [1.54, 1.807) is 11.3 Å². The highest BCUT2D eigenvalue weighted by Crippen LogP contribution is 2.14. The van der Waals surface area contributed by atoms with Crippen LogP contribution in [-0.2, 0) is 6.42 Å². The third kappa shape index (κ3) is 3.44. The molecule has 4 nitrogen and oxygen atoms in total. The maximum atomic E-state index is 8.04. The molecule has 70 valence electrons. The number of nitrogens with zero attached hydrogens (tertiary/aromatic N) is 4. The average Bonchev–Trinajstić information content (AvgIpc) is 2.52. The van der Waals surface area contributed by atoms with E-state index in [1.807, 2.05) is 12.4 Å². The van der Waals surface area contributed by atoms with Crippen LogP contribution in [0, 0.1) is 6.92 Å². The molecule has 0 aromatic carbocycles. The summed E-state index contributed by atoms with van der Waals surface area (Å²) >= 11 is 1.70. The first-order valence-corrected chi connectivity index (χ1v) is 5.12. The van der Waals surface area contributed by atoms with Gasteiger partial charge in [0, 0.05) is 16.3 Å². The molecule has 1 aromatic rings. The van der Waals surface area contributed by atoms with Gasteiger partial charge in [-0.15, -0.1) is 11.3 Å². The van der Waals surface area contributed by atoms with Gasteiger partial charge in [0.05, 0.1) is 11.2 Å². The molecular formula is C8H12N4S. The molecule has 0 spiro atoms. The summed E-state index contributed by atoms with van der Waals surface area (Å²) in [5.74, 6) is 0. The number of thiazole rings is 1. The van der Waals surface area contributed by atoms with Crippen LogP contribution >= 0.6 is 11.3 Å². The van der Waals surface area contributed by atoms with Crippen molar-refractivity contribution in [1.29, 1.82) is 0 Å². The Morgan fingerprint density at radius 2 is 2.46 bits per heavy atom. The van der Waals surface area contributed by atoms with Crippen molar-refractivity contribution < 1.29 is 0 Å². The lowest BCUT2D eigenvalue weighted by Gasteiger charge is -1.96. The average molecular weight is 196 g/mol. The Morgan fingerprint density at radius 3 is 3.08 bits per heavy atom. The van der Waals surface area contributed by atoms with E-state index in [2.05, 4.69) is 15.0 Å². The van der Waals surface area contributed by atoms with Gasteiger partial charge in [-0.2, -0.15) is 0 Å². The van der Waals surface area contributed by atoms with Crippen molar-refractivity contribution in [1.82, 2.24) is 4.98 Å². The first-order valence-electron chi connectivity index (χ1n) is 4.24. The van der Waals surface area contributed by atoms with Gasteiger partial charge < -0.3 is 0 Å². The Balaban J connectivity index is 2.20. The molecule has 0 radical (unpaired) electrons. The van der Waals surface area contributed by atoms with Gasteiger partial charge in [0.1, 0.15) is 0 Å². The largest absolute Gasteiger partial charge is 0.250 e. The first-order chi connectivity index (χ1) is 6.34. The Hall–Kier alpha value is -1.06. The molecule has 1 aromatic heterocycles. The first kappa shape index (κ1) is 10.0. The van der Waals surface area contributed by atoms with Gasteiger partial charge in [0.2, 0.25) is 0 Å². The van der Waals surface area contributed by atoms with Gasteiger partial charge in [-0.3, -0.25) is 0 Å². The summed E-state index contributed by atoms with van der Waals surface area (Å²) in [5.41, 5.74) is 11.1. The molecule has 0 atom stereocenters. The van der Waals surface area contributed by atoms with E-state index in [0.717, 1.165) is 25.0 Å². The highest BCUT2D eigenvalue weighted by molar-refractivity contribution is 7.09. The van der Waals surface area contributed by atoms with Crippen molar-refractivity contribution in [3.63, 3.8) is 0 Å². The van der Waals surface area contributed by atoms with Gasteiger partial charge in [0.15, 0.2) is 0 Å². The summed E-state index contributed by atoms with van der Waals surface area (Å²) < 4.78 is 0.